The lowest BCUT2D eigenvalue weighted by molar-refractivity contribution is -0.117. The van der Waals surface area contributed by atoms with Crippen LogP contribution in [0.5, 0.6) is 0 Å². The molecule has 0 saturated carbocycles. The van der Waals surface area contributed by atoms with Gasteiger partial charge in [-0.3, -0.25) is 9.59 Å². The van der Waals surface area contributed by atoms with Gasteiger partial charge in [0, 0.05) is 30.1 Å². The van der Waals surface area contributed by atoms with E-state index in [0.717, 1.165) is 15.8 Å². The summed E-state index contributed by atoms with van der Waals surface area (Å²) < 4.78 is 7.85. The predicted molar refractivity (Wildman–Crippen MR) is 132 cm³/mol. The third kappa shape index (κ3) is 4.62. The zero-order valence-electron chi connectivity index (χ0n) is 19.4. The third-order valence-electron chi connectivity index (χ3n) is 5.32. The van der Waals surface area contributed by atoms with Crippen LogP contribution in [-0.4, -0.2) is 36.1 Å². The minimum Gasteiger partial charge on any atom is -0.333 e. The maximum atomic E-state index is 12.9. The Balaban J connectivity index is 1.38. The number of anilines is 2. The molecule has 0 atom stereocenters. The monoisotopic (exact) mass is 483 g/mol. The maximum Gasteiger partial charge on any atom is 0.350 e. The van der Waals surface area contributed by atoms with Gasteiger partial charge in [-0.1, -0.05) is 28.9 Å². The Labute approximate surface area is 204 Å². The number of amides is 2. The molecule has 0 saturated heterocycles. The molecule has 0 fully saturated rings. The van der Waals surface area contributed by atoms with Crippen molar-refractivity contribution in [2.24, 2.45) is 0 Å². The molecule has 2 aromatic carbocycles. The average molecular weight is 483 g/mol. The van der Waals surface area contributed by atoms with Gasteiger partial charge in [-0.25, -0.2) is 13.9 Å². The highest BCUT2D eigenvalue weighted by Crippen LogP contribution is 2.25. The summed E-state index contributed by atoms with van der Waals surface area (Å²) in [6.45, 7) is 3.09. The summed E-state index contributed by atoms with van der Waals surface area (Å²) in [6, 6.07) is 17.7. The van der Waals surface area contributed by atoms with Crippen molar-refractivity contribution in [3.63, 3.8) is 0 Å². The number of hydrogen-bond donors (Lipinski definition) is 2. The van der Waals surface area contributed by atoms with Gasteiger partial charge >= 0.3 is 5.69 Å². The van der Waals surface area contributed by atoms with Crippen molar-refractivity contribution in [3.8, 4) is 22.8 Å². The second kappa shape index (κ2) is 9.29. The van der Waals surface area contributed by atoms with Gasteiger partial charge in [0.25, 0.3) is 5.89 Å². The van der Waals surface area contributed by atoms with Crippen LogP contribution in [0.2, 0.25) is 0 Å². The Kier molecular flexibility index (Phi) is 5.87. The molecular weight excluding hydrogens is 462 g/mol. The molecule has 3 aromatic heterocycles. The fraction of sp³-hybridized carbons (Fsp3) is 0.120. The lowest BCUT2D eigenvalue weighted by Crippen LogP contribution is -2.28. The summed E-state index contributed by atoms with van der Waals surface area (Å²) in [4.78, 5) is 41.1. The molecule has 11 heteroatoms. The van der Waals surface area contributed by atoms with Crippen molar-refractivity contribution in [1.29, 1.82) is 0 Å². The van der Waals surface area contributed by atoms with Crippen LogP contribution >= 0.6 is 0 Å². The van der Waals surface area contributed by atoms with Crippen molar-refractivity contribution < 1.29 is 14.1 Å². The summed E-state index contributed by atoms with van der Waals surface area (Å²) in [5, 5.41) is 13.8. The number of rotatable bonds is 6. The fourth-order valence-corrected chi connectivity index (χ4v) is 3.72. The lowest BCUT2D eigenvalue weighted by atomic mass is 10.1. The SMILES string of the molecule is CC(=O)Nc1ccc(NC(=O)Cn2nc3c(-c4nc(-c5cccc(C)c5)no4)cccn3c2=O)cc1. The first-order chi connectivity index (χ1) is 17.4. The number of fused-ring (bicyclic) bond motifs is 1. The zero-order valence-corrected chi connectivity index (χ0v) is 19.4. The second-order valence-electron chi connectivity index (χ2n) is 8.16. The summed E-state index contributed by atoms with van der Waals surface area (Å²) in [5.41, 5.74) is 3.26. The van der Waals surface area contributed by atoms with Gasteiger partial charge in [-0.15, -0.1) is 5.10 Å². The van der Waals surface area contributed by atoms with Crippen LogP contribution in [0.4, 0.5) is 11.4 Å². The number of aryl methyl sites for hydroxylation is 1. The van der Waals surface area contributed by atoms with E-state index in [9.17, 15) is 14.4 Å². The largest absolute Gasteiger partial charge is 0.350 e. The van der Waals surface area contributed by atoms with Crippen molar-refractivity contribution in [2.75, 3.05) is 10.6 Å². The molecule has 0 spiro atoms. The summed E-state index contributed by atoms with van der Waals surface area (Å²) in [5.74, 6) is -0.00231. The smallest absolute Gasteiger partial charge is 0.333 e. The first kappa shape index (κ1) is 22.7. The molecule has 180 valence electrons. The van der Waals surface area contributed by atoms with E-state index in [1.54, 1.807) is 42.6 Å². The van der Waals surface area contributed by atoms with Crippen molar-refractivity contribution in [1.82, 2.24) is 24.3 Å². The number of nitrogens with zero attached hydrogens (tertiary/aromatic N) is 5. The van der Waals surface area contributed by atoms with Gasteiger partial charge in [0.2, 0.25) is 17.6 Å². The molecule has 5 rings (SSSR count). The normalized spacial score (nSPS) is 10.9. The molecule has 11 nitrogen and oxygen atoms in total. The highest BCUT2D eigenvalue weighted by atomic mass is 16.5. The van der Waals surface area contributed by atoms with Gasteiger partial charge in [-0.05, 0) is 49.4 Å². The van der Waals surface area contributed by atoms with Crippen LogP contribution in [0.25, 0.3) is 28.5 Å². The Morgan fingerprint density at radius 3 is 2.47 bits per heavy atom. The molecule has 0 bridgehead atoms. The second-order valence-corrected chi connectivity index (χ2v) is 8.16. The fourth-order valence-electron chi connectivity index (χ4n) is 3.72. The molecule has 0 aliphatic rings. The molecule has 2 amide bonds. The van der Waals surface area contributed by atoms with E-state index in [2.05, 4.69) is 25.9 Å². The van der Waals surface area contributed by atoms with Crippen molar-refractivity contribution in [3.05, 3.63) is 82.9 Å². The third-order valence-corrected chi connectivity index (χ3v) is 5.32. The number of carbonyl (C=O) groups is 2. The predicted octanol–water partition coefficient (Wildman–Crippen LogP) is 3.12. The maximum absolute atomic E-state index is 12.9. The number of hydrogen-bond acceptors (Lipinski definition) is 7. The van der Waals surface area contributed by atoms with Crippen LogP contribution in [0, 0.1) is 6.92 Å². The molecule has 5 aromatic rings. The average Bonchev–Trinajstić information content (AvgIpc) is 3.46. The summed E-state index contributed by atoms with van der Waals surface area (Å²) >= 11 is 0. The van der Waals surface area contributed by atoms with Gasteiger partial charge in [0.15, 0.2) is 5.65 Å². The molecule has 0 aliphatic heterocycles. The van der Waals surface area contributed by atoms with Crippen molar-refractivity contribution in [2.45, 2.75) is 20.4 Å². The van der Waals surface area contributed by atoms with E-state index in [0.29, 0.717) is 22.8 Å². The minimum atomic E-state index is -0.485. The molecule has 0 aliphatic carbocycles. The number of pyridine rings is 1. The Hall–Kier alpha value is -5.06. The molecule has 2 N–H and O–H groups in total. The van der Waals surface area contributed by atoms with Gasteiger partial charge in [-0.2, -0.15) is 4.98 Å². The van der Waals surface area contributed by atoms with E-state index in [1.165, 1.54) is 11.3 Å². The van der Waals surface area contributed by atoms with E-state index < -0.39 is 11.6 Å². The van der Waals surface area contributed by atoms with Gasteiger partial charge in [0.1, 0.15) is 6.54 Å². The molecular formula is C25H21N7O4. The van der Waals surface area contributed by atoms with E-state index >= 15 is 0 Å². The van der Waals surface area contributed by atoms with Crippen LogP contribution in [0.1, 0.15) is 12.5 Å². The van der Waals surface area contributed by atoms with Crippen molar-refractivity contribution >= 4 is 28.8 Å². The summed E-state index contributed by atoms with van der Waals surface area (Å²) in [7, 11) is 0. The quantitative estimate of drug-likeness (QED) is 0.379. The minimum absolute atomic E-state index is 0.190. The molecule has 0 unspecified atom stereocenters. The highest BCUT2D eigenvalue weighted by Gasteiger charge is 2.18. The van der Waals surface area contributed by atoms with Crippen LogP contribution in [0.15, 0.2) is 76.2 Å². The Morgan fingerprint density at radius 2 is 1.75 bits per heavy atom. The van der Waals surface area contributed by atoms with E-state index in [1.807, 2.05) is 31.2 Å². The highest BCUT2D eigenvalue weighted by molar-refractivity contribution is 5.92. The topological polar surface area (TPSA) is 136 Å². The van der Waals surface area contributed by atoms with Crippen LogP contribution < -0.4 is 16.3 Å². The summed E-state index contributed by atoms with van der Waals surface area (Å²) in [6.07, 6.45) is 1.56. The molecule has 36 heavy (non-hydrogen) atoms. The Bertz CT molecular complexity index is 1650. The zero-order chi connectivity index (χ0) is 25.2. The van der Waals surface area contributed by atoms with E-state index in [-0.39, 0.29) is 24.0 Å². The van der Waals surface area contributed by atoms with E-state index in [4.69, 9.17) is 4.52 Å². The Morgan fingerprint density at radius 1 is 1.00 bits per heavy atom. The first-order valence-corrected chi connectivity index (χ1v) is 11.0. The molecule has 0 radical (unpaired) electrons. The van der Waals surface area contributed by atoms with Crippen LogP contribution in [0.3, 0.4) is 0 Å². The first-order valence-electron chi connectivity index (χ1n) is 11.0. The van der Waals surface area contributed by atoms with Gasteiger partial charge in [0.05, 0.1) is 5.56 Å². The van der Waals surface area contributed by atoms with Crippen LogP contribution in [-0.2, 0) is 16.1 Å². The number of nitrogens with one attached hydrogen (secondary N) is 2. The van der Waals surface area contributed by atoms with Gasteiger partial charge < -0.3 is 15.2 Å². The number of carbonyl (C=O) groups excluding carboxylic acids is 2. The lowest BCUT2D eigenvalue weighted by Gasteiger charge is -2.06. The standard InChI is InChI=1S/C25H21N7O4/c1-15-5-3-6-17(13-15)22-28-24(36-30-22)20-7-4-12-31-23(20)29-32(25(31)35)14-21(34)27-19-10-8-18(9-11-19)26-16(2)33/h3-13H,14H2,1-2H3,(H,26,33)(H,27,34). The number of benzene rings is 2. The number of aromatic nitrogens is 5. The molecule has 3 heterocycles.